The average molecular weight is 314 g/mol. The van der Waals surface area contributed by atoms with Gasteiger partial charge in [-0.25, -0.2) is 9.78 Å². The van der Waals surface area contributed by atoms with E-state index in [0.717, 1.165) is 5.56 Å². The van der Waals surface area contributed by atoms with Gasteiger partial charge in [0.25, 0.3) is 0 Å². The molecule has 0 saturated heterocycles. The predicted octanol–water partition coefficient (Wildman–Crippen LogP) is 4.21. The Morgan fingerprint density at radius 2 is 2.05 bits per heavy atom. The summed E-state index contributed by atoms with van der Waals surface area (Å²) in [6.45, 7) is 1.92. The first-order valence-corrected chi connectivity index (χ1v) is 6.99. The smallest absolute Gasteiger partial charge is 0.362 e. The Hall–Kier alpha value is -2.59. The fourth-order valence-corrected chi connectivity index (χ4v) is 2.33. The molecule has 0 unspecified atom stereocenters. The second kappa shape index (κ2) is 5.66. The summed E-state index contributed by atoms with van der Waals surface area (Å²) in [6.07, 6.45) is 1.26. The predicted molar refractivity (Wildman–Crippen MR) is 87.0 cm³/mol. The number of aliphatic hydroxyl groups is 1. The van der Waals surface area contributed by atoms with Crippen LogP contribution in [0.3, 0.4) is 0 Å². The lowest BCUT2D eigenvalue weighted by atomic mass is 10.1. The van der Waals surface area contributed by atoms with Crippen molar-refractivity contribution in [3.63, 3.8) is 0 Å². The summed E-state index contributed by atoms with van der Waals surface area (Å²) in [7, 11) is 0. The Morgan fingerprint density at radius 3 is 2.82 bits per heavy atom. The number of fused-ring (bicyclic) bond motifs is 1. The van der Waals surface area contributed by atoms with Crippen LogP contribution in [0.5, 0.6) is 0 Å². The fraction of sp³-hybridized carbons (Fsp3) is 0.0588. The molecule has 1 N–H and O–H groups in total. The molecule has 5 heteroatoms. The molecule has 0 radical (unpaired) electrons. The van der Waals surface area contributed by atoms with E-state index in [9.17, 15) is 9.90 Å². The van der Waals surface area contributed by atoms with Gasteiger partial charge in [-0.2, -0.15) is 0 Å². The van der Waals surface area contributed by atoms with Crippen molar-refractivity contribution < 1.29 is 9.52 Å². The minimum Gasteiger partial charge on any atom is -0.507 e. The zero-order valence-corrected chi connectivity index (χ0v) is 12.5. The van der Waals surface area contributed by atoms with Gasteiger partial charge in [0.1, 0.15) is 11.3 Å². The Kier molecular flexibility index (Phi) is 3.69. The average Bonchev–Trinajstić information content (AvgIpc) is 2.49. The van der Waals surface area contributed by atoms with Crippen LogP contribution < -0.4 is 5.63 Å². The van der Waals surface area contributed by atoms with Gasteiger partial charge < -0.3 is 9.52 Å². The molecule has 0 aliphatic rings. The number of halogens is 1. The first-order chi connectivity index (χ1) is 10.5. The molecule has 0 spiro atoms. The van der Waals surface area contributed by atoms with Gasteiger partial charge >= 0.3 is 5.63 Å². The number of aromatic nitrogens is 1. The highest BCUT2D eigenvalue weighted by Crippen LogP contribution is 2.23. The topological polar surface area (TPSA) is 63.3 Å². The highest BCUT2D eigenvalue weighted by Gasteiger charge is 2.09. The molecule has 0 aliphatic carbocycles. The third-order valence-corrected chi connectivity index (χ3v) is 3.52. The molecule has 0 bridgehead atoms. The Bertz CT molecular complexity index is 944. The molecule has 3 aromatic rings. The fourth-order valence-electron chi connectivity index (χ4n) is 2.10. The molecule has 0 saturated carbocycles. The molecular weight excluding hydrogens is 302 g/mol. The van der Waals surface area contributed by atoms with E-state index in [2.05, 4.69) is 4.98 Å². The molecule has 4 nitrogen and oxygen atoms in total. The monoisotopic (exact) mass is 313 g/mol. The Morgan fingerprint density at radius 1 is 1.27 bits per heavy atom. The summed E-state index contributed by atoms with van der Waals surface area (Å²) < 4.78 is 5.21. The first kappa shape index (κ1) is 14.4. The molecule has 2 aromatic carbocycles. The molecule has 110 valence electrons. The van der Waals surface area contributed by atoms with Crippen LogP contribution in [0, 0.1) is 6.92 Å². The number of aryl methyl sites for hydroxylation is 1. The number of aliphatic hydroxyl groups excluding tert-OH is 1. The van der Waals surface area contributed by atoms with Crippen LogP contribution in [0.25, 0.3) is 22.9 Å². The van der Waals surface area contributed by atoms with Gasteiger partial charge in [0.05, 0.1) is 5.02 Å². The second-order valence-corrected chi connectivity index (χ2v) is 5.27. The van der Waals surface area contributed by atoms with E-state index in [4.69, 9.17) is 16.0 Å². The number of hydrogen-bond acceptors (Lipinski definition) is 4. The van der Waals surface area contributed by atoms with Crippen LogP contribution in [0.4, 0.5) is 0 Å². The van der Waals surface area contributed by atoms with Gasteiger partial charge in [-0.1, -0.05) is 29.8 Å². The van der Waals surface area contributed by atoms with Crippen molar-refractivity contribution in [1.29, 1.82) is 0 Å². The highest BCUT2D eigenvalue weighted by atomic mass is 35.5. The molecular formula is C17H12ClNO3. The van der Waals surface area contributed by atoms with Crippen LogP contribution in [-0.4, -0.2) is 10.1 Å². The van der Waals surface area contributed by atoms with Gasteiger partial charge in [0, 0.05) is 11.6 Å². The van der Waals surface area contributed by atoms with Crippen molar-refractivity contribution in [3.05, 3.63) is 74.7 Å². The van der Waals surface area contributed by atoms with Crippen molar-refractivity contribution >= 4 is 34.5 Å². The van der Waals surface area contributed by atoms with E-state index in [0.29, 0.717) is 21.7 Å². The van der Waals surface area contributed by atoms with Crippen molar-refractivity contribution in [1.82, 2.24) is 4.98 Å². The van der Waals surface area contributed by atoms with E-state index < -0.39 is 5.63 Å². The molecule has 3 rings (SSSR count). The molecule has 1 aromatic heterocycles. The maximum Gasteiger partial charge on any atom is 0.362 e. The van der Waals surface area contributed by atoms with Crippen LogP contribution in [0.2, 0.25) is 5.02 Å². The summed E-state index contributed by atoms with van der Waals surface area (Å²) in [5.74, 6) is -0.141. The standard InChI is InChI=1S/C17H12ClNO3/c1-10-6-7-16-13(8-10)19-14(17(21)22-16)9-15(20)11-4-2-3-5-12(11)18/h2-9,20H,1H3. The SMILES string of the molecule is Cc1ccc2oc(=O)c(C=C(O)c3ccccc3Cl)nc2c1. The lowest BCUT2D eigenvalue weighted by Gasteiger charge is -2.03. The van der Waals surface area contributed by atoms with Gasteiger partial charge in [0.2, 0.25) is 0 Å². The molecule has 0 aliphatic heterocycles. The summed E-state index contributed by atoms with van der Waals surface area (Å²) in [5.41, 5.74) is 1.79. The second-order valence-electron chi connectivity index (χ2n) is 4.87. The molecule has 0 amide bonds. The van der Waals surface area contributed by atoms with Gasteiger partial charge in [-0.3, -0.25) is 0 Å². The minimum atomic E-state index is -0.616. The first-order valence-electron chi connectivity index (χ1n) is 6.61. The number of rotatable bonds is 2. The maximum atomic E-state index is 12.0. The Labute approximate surface area is 131 Å². The van der Waals surface area contributed by atoms with Gasteiger partial charge in [0.15, 0.2) is 11.3 Å². The zero-order valence-electron chi connectivity index (χ0n) is 11.7. The molecule has 0 fully saturated rings. The molecule has 0 atom stereocenters. The van der Waals surface area contributed by atoms with E-state index >= 15 is 0 Å². The van der Waals surface area contributed by atoms with Crippen molar-refractivity contribution in [2.24, 2.45) is 0 Å². The molecule has 1 heterocycles. The third kappa shape index (κ3) is 2.73. The number of nitrogens with zero attached hydrogens (tertiary/aromatic N) is 1. The van der Waals surface area contributed by atoms with Gasteiger partial charge in [-0.15, -0.1) is 0 Å². The summed E-state index contributed by atoms with van der Waals surface area (Å²) in [6, 6.07) is 12.1. The van der Waals surface area contributed by atoms with Gasteiger partial charge in [-0.05, 0) is 36.8 Å². The summed E-state index contributed by atoms with van der Waals surface area (Å²) in [5, 5.41) is 10.5. The highest BCUT2D eigenvalue weighted by molar-refractivity contribution is 6.32. The number of benzene rings is 2. The van der Waals surface area contributed by atoms with Crippen LogP contribution in [-0.2, 0) is 0 Å². The van der Waals surface area contributed by atoms with Crippen molar-refractivity contribution in [3.8, 4) is 0 Å². The summed E-state index contributed by atoms with van der Waals surface area (Å²) >= 11 is 6.02. The quantitative estimate of drug-likeness (QED) is 0.720. The zero-order chi connectivity index (χ0) is 15.7. The van der Waals surface area contributed by atoms with Crippen LogP contribution >= 0.6 is 11.6 Å². The normalized spacial score (nSPS) is 11.8. The van der Waals surface area contributed by atoms with E-state index in [-0.39, 0.29) is 11.5 Å². The lowest BCUT2D eigenvalue weighted by Crippen LogP contribution is -2.06. The lowest BCUT2D eigenvalue weighted by molar-refractivity contribution is 0.514. The van der Waals surface area contributed by atoms with Crippen LogP contribution in [0.15, 0.2) is 51.7 Å². The largest absolute Gasteiger partial charge is 0.507 e. The van der Waals surface area contributed by atoms with E-state index in [1.54, 1.807) is 30.3 Å². The molecule has 22 heavy (non-hydrogen) atoms. The van der Waals surface area contributed by atoms with E-state index in [1.165, 1.54) is 6.08 Å². The van der Waals surface area contributed by atoms with Crippen LogP contribution in [0.1, 0.15) is 16.8 Å². The van der Waals surface area contributed by atoms with Crippen molar-refractivity contribution in [2.75, 3.05) is 0 Å². The Balaban J connectivity index is 2.14. The number of hydrogen-bond donors (Lipinski definition) is 1. The van der Waals surface area contributed by atoms with E-state index in [1.807, 2.05) is 19.1 Å². The van der Waals surface area contributed by atoms with Crippen molar-refractivity contribution in [2.45, 2.75) is 6.92 Å². The maximum absolute atomic E-state index is 12.0. The minimum absolute atomic E-state index is 0.0236. The summed E-state index contributed by atoms with van der Waals surface area (Å²) in [4.78, 5) is 16.2. The third-order valence-electron chi connectivity index (χ3n) is 3.19.